The molecule has 1 aromatic carbocycles. The molecule has 29 heavy (non-hydrogen) atoms. The zero-order valence-electron chi connectivity index (χ0n) is 15.8. The minimum atomic E-state index is -3.43. The summed E-state index contributed by atoms with van der Waals surface area (Å²) < 4.78 is 31.1. The van der Waals surface area contributed by atoms with Crippen molar-refractivity contribution in [1.82, 2.24) is 9.97 Å². The first-order valence-corrected chi connectivity index (χ1v) is 11.0. The van der Waals surface area contributed by atoms with E-state index >= 15 is 0 Å². The number of carbonyl (C=O) groups excluding carboxylic acids is 1. The van der Waals surface area contributed by atoms with Crippen molar-refractivity contribution in [1.29, 1.82) is 0 Å². The van der Waals surface area contributed by atoms with Crippen LogP contribution in [0.1, 0.15) is 31.4 Å². The average Bonchev–Trinajstić information content (AvgIpc) is 3.51. The van der Waals surface area contributed by atoms with E-state index in [1.807, 2.05) is 0 Å². The van der Waals surface area contributed by atoms with Gasteiger partial charge >= 0.3 is 6.03 Å². The van der Waals surface area contributed by atoms with Crippen molar-refractivity contribution in [3.8, 4) is 11.4 Å². The number of nitrogens with two attached hydrogens (primary N) is 2. The Morgan fingerprint density at radius 1 is 1.14 bits per heavy atom. The molecule has 1 aliphatic heterocycles. The van der Waals surface area contributed by atoms with Crippen molar-refractivity contribution < 1.29 is 17.9 Å². The van der Waals surface area contributed by atoms with E-state index in [4.69, 9.17) is 16.2 Å². The molecule has 154 valence electrons. The van der Waals surface area contributed by atoms with E-state index in [0.29, 0.717) is 61.7 Å². The minimum absolute atomic E-state index is 0.220. The molecule has 2 fully saturated rings. The number of carbonyl (C=O) groups is 1. The Labute approximate surface area is 168 Å². The molecule has 0 spiro atoms. The Morgan fingerprint density at radius 3 is 2.38 bits per heavy atom. The molecular weight excluding hydrogens is 394 g/mol. The van der Waals surface area contributed by atoms with Gasteiger partial charge in [0, 0.05) is 30.5 Å². The summed E-state index contributed by atoms with van der Waals surface area (Å²) in [7, 11) is -3.43. The highest BCUT2D eigenvalue weighted by Gasteiger charge is 2.59. The molecule has 2 aliphatic rings. The Kier molecular flexibility index (Phi) is 4.91. The van der Waals surface area contributed by atoms with E-state index in [1.165, 1.54) is 0 Å². The Bertz CT molecular complexity index is 1030. The number of primary amides is 1. The number of sulfone groups is 1. The number of amides is 2. The Hall–Kier alpha value is -2.72. The van der Waals surface area contributed by atoms with Crippen LogP contribution >= 0.6 is 0 Å². The van der Waals surface area contributed by atoms with Crippen LogP contribution in [0.25, 0.3) is 11.4 Å². The number of benzene rings is 1. The molecule has 4 rings (SSSR count). The second-order valence-electron chi connectivity index (χ2n) is 7.42. The molecule has 10 heteroatoms. The first kappa shape index (κ1) is 19.6. The molecule has 0 atom stereocenters. The van der Waals surface area contributed by atoms with Crippen molar-refractivity contribution in [3.05, 3.63) is 36.0 Å². The zero-order chi connectivity index (χ0) is 20.6. The molecule has 2 aromatic rings. The van der Waals surface area contributed by atoms with Gasteiger partial charge in [0.25, 0.3) is 0 Å². The van der Waals surface area contributed by atoms with Crippen molar-refractivity contribution in [2.75, 3.05) is 24.3 Å². The number of urea groups is 1. The van der Waals surface area contributed by atoms with Crippen molar-refractivity contribution >= 4 is 27.4 Å². The van der Waals surface area contributed by atoms with Crippen molar-refractivity contribution in [3.63, 3.8) is 0 Å². The first-order valence-electron chi connectivity index (χ1n) is 9.45. The van der Waals surface area contributed by atoms with E-state index < -0.39 is 25.9 Å². The quantitative estimate of drug-likeness (QED) is 0.671. The fourth-order valence-electron chi connectivity index (χ4n) is 3.78. The monoisotopic (exact) mass is 417 g/mol. The number of anilines is 2. The van der Waals surface area contributed by atoms with Crippen LogP contribution < -0.4 is 16.8 Å². The summed E-state index contributed by atoms with van der Waals surface area (Å²) in [6.45, 7) is 0.922. The third kappa shape index (κ3) is 3.65. The van der Waals surface area contributed by atoms with Crippen LogP contribution in [-0.4, -0.2) is 42.9 Å². The number of nitrogens with zero attached hydrogens (tertiary/aromatic N) is 2. The second-order valence-corrected chi connectivity index (χ2v) is 9.96. The van der Waals surface area contributed by atoms with Gasteiger partial charge in [-0.25, -0.2) is 23.2 Å². The fourth-order valence-corrected chi connectivity index (χ4v) is 6.30. The minimum Gasteiger partial charge on any atom is -0.384 e. The maximum absolute atomic E-state index is 13.4. The van der Waals surface area contributed by atoms with Crippen LogP contribution in [0.2, 0.25) is 0 Å². The van der Waals surface area contributed by atoms with E-state index in [0.717, 1.165) is 0 Å². The fraction of sp³-hybridized carbons (Fsp3) is 0.421. The maximum atomic E-state index is 13.4. The van der Waals surface area contributed by atoms with E-state index in [2.05, 4.69) is 15.3 Å². The highest BCUT2D eigenvalue weighted by Crippen LogP contribution is 2.54. The highest BCUT2D eigenvalue weighted by molar-refractivity contribution is 7.93. The van der Waals surface area contributed by atoms with E-state index in [1.54, 1.807) is 30.3 Å². The molecule has 0 unspecified atom stereocenters. The summed E-state index contributed by atoms with van der Waals surface area (Å²) >= 11 is 0. The number of hydrogen-bond acceptors (Lipinski definition) is 7. The van der Waals surface area contributed by atoms with E-state index in [-0.39, 0.29) is 5.82 Å². The largest absolute Gasteiger partial charge is 0.384 e. The number of nitrogens with one attached hydrogen (secondary N) is 1. The first-order chi connectivity index (χ1) is 13.8. The third-order valence-electron chi connectivity index (χ3n) is 5.48. The van der Waals surface area contributed by atoms with Crippen LogP contribution in [0.15, 0.2) is 30.3 Å². The van der Waals surface area contributed by atoms with Gasteiger partial charge < -0.3 is 21.5 Å². The summed E-state index contributed by atoms with van der Waals surface area (Å²) in [6, 6.07) is 7.67. The van der Waals surface area contributed by atoms with Gasteiger partial charge in [0.2, 0.25) is 0 Å². The summed E-state index contributed by atoms with van der Waals surface area (Å²) in [5, 5.41) is 2.06. The van der Waals surface area contributed by atoms with Crippen LogP contribution in [0.4, 0.5) is 16.3 Å². The zero-order valence-corrected chi connectivity index (χ0v) is 16.6. The predicted octanol–water partition coefficient (Wildman–Crippen LogP) is 1.80. The number of nitrogen functional groups attached to an aromatic ring is 1. The van der Waals surface area contributed by atoms with Gasteiger partial charge in [-0.3, -0.25) is 0 Å². The predicted molar refractivity (Wildman–Crippen MR) is 109 cm³/mol. The topological polar surface area (TPSA) is 150 Å². The van der Waals surface area contributed by atoms with Gasteiger partial charge in [-0.1, -0.05) is 0 Å². The molecule has 0 radical (unpaired) electrons. The number of aromatic nitrogens is 2. The molecule has 2 heterocycles. The maximum Gasteiger partial charge on any atom is 0.316 e. The van der Waals surface area contributed by atoms with Crippen molar-refractivity contribution in [2.24, 2.45) is 5.73 Å². The lowest BCUT2D eigenvalue weighted by Gasteiger charge is -2.27. The van der Waals surface area contributed by atoms with Gasteiger partial charge in [0.05, 0.1) is 10.9 Å². The molecule has 1 aromatic heterocycles. The van der Waals surface area contributed by atoms with E-state index in [9.17, 15) is 13.2 Å². The normalized spacial score (nSPS) is 18.9. The standard InChI is InChI=1S/C19H23N5O4S/c20-16-11-15(19(7-8-19)29(26,27)14-5-9-28-10-6-14)23-17(24-16)12-1-3-13(4-2-12)22-18(21)25/h1-4,11,14H,5-10H2,(H2,20,23,24)(H3,21,22,25). The molecule has 1 saturated heterocycles. The molecule has 9 nitrogen and oxygen atoms in total. The van der Waals surface area contributed by atoms with Crippen molar-refractivity contribution in [2.45, 2.75) is 35.7 Å². The molecule has 1 aliphatic carbocycles. The van der Waals surface area contributed by atoms with Gasteiger partial charge in [-0.15, -0.1) is 0 Å². The van der Waals surface area contributed by atoms with Gasteiger partial charge in [0.15, 0.2) is 15.7 Å². The number of rotatable bonds is 5. The Morgan fingerprint density at radius 2 is 1.79 bits per heavy atom. The third-order valence-corrected chi connectivity index (χ3v) is 8.54. The van der Waals surface area contributed by atoms with Crippen LogP contribution in [-0.2, 0) is 19.3 Å². The molecular formula is C19H23N5O4S. The summed E-state index contributed by atoms with van der Waals surface area (Å²) in [4.78, 5) is 19.8. The lowest BCUT2D eigenvalue weighted by atomic mass is 10.1. The van der Waals surface area contributed by atoms with Crippen LogP contribution in [0.5, 0.6) is 0 Å². The molecule has 0 bridgehead atoms. The van der Waals surface area contributed by atoms with Gasteiger partial charge in [0.1, 0.15) is 10.6 Å². The lowest BCUT2D eigenvalue weighted by molar-refractivity contribution is 0.0981. The lowest BCUT2D eigenvalue weighted by Crippen LogP contribution is -2.37. The molecule has 5 N–H and O–H groups in total. The second kappa shape index (κ2) is 7.27. The molecule has 1 saturated carbocycles. The highest BCUT2D eigenvalue weighted by atomic mass is 32.2. The summed E-state index contributed by atoms with van der Waals surface area (Å²) in [5.41, 5.74) is 12.8. The number of hydrogen-bond donors (Lipinski definition) is 3. The van der Waals surface area contributed by atoms with Crippen LogP contribution in [0, 0.1) is 0 Å². The smallest absolute Gasteiger partial charge is 0.316 e. The molecule has 2 amide bonds. The average molecular weight is 417 g/mol. The Balaban J connectivity index is 1.67. The number of ether oxygens (including phenoxy) is 1. The van der Waals surface area contributed by atoms with Crippen LogP contribution in [0.3, 0.4) is 0 Å². The summed E-state index contributed by atoms with van der Waals surface area (Å²) in [6.07, 6.45) is 2.08. The SMILES string of the molecule is NC(=O)Nc1ccc(-c2nc(N)cc(C3(S(=O)(=O)C4CCOCC4)CC3)n2)cc1. The van der Waals surface area contributed by atoms with Gasteiger partial charge in [-0.2, -0.15) is 0 Å². The summed E-state index contributed by atoms with van der Waals surface area (Å²) in [5.74, 6) is 0.567. The van der Waals surface area contributed by atoms with Gasteiger partial charge in [-0.05, 0) is 49.9 Å².